The molecule has 0 saturated heterocycles. The number of nitrogens with zero attached hydrogens (tertiary/aromatic N) is 1. The fraction of sp³-hybridized carbons (Fsp3) is 0.417. The van der Waals surface area contributed by atoms with E-state index in [1.807, 2.05) is 6.92 Å². The van der Waals surface area contributed by atoms with Gasteiger partial charge >= 0.3 is 16.2 Å². The van der Waals surface area contributed by atoms with Gasteiger partial charge in [-0.25, -0.2) is 4.31 Å². The van der Waals surface area contributed by atoms with Crippen LogP contribution in [0.2, 0.25) is 0 Å². The van der Waals surface area contributed by atoms with Gasteiger partial charge in [0.2, 0.25) is 0 Å². The molecule has 7 nitrogen and oxygen atoms in total. The van der Waals surface area contributed by atoms with Gasteiger partial charge in [-0.2, -0.15) is 13.1 Å². The van der Waals surface area contributed by atoms with Crippen LogP contribution in [0.15, 0.2) is 24.3 Å². The van der Waals surface area contributed by atoms with Crippen molar-refractivity contribution < 1.29 is 23.1 Å². The number of ether oxygens (including phenoxy) is 1. The number of carboxylic acid groups (broad SMARTS) is 1. The summed E-state index contributed by atoms with van der Waals surface area (Å²) in [6, 6.07) is 6.56. The van der Waals surface area contributed by atoms with Gasteiger partial charge in [0, 0.05) is 13.7 Å². The average Bonchev–Trinajstić information content (AvgIpc) is 2.37. The number of anilines is 1. The molecule has 2 N–H and O–H groups in total. The maximum Gasteiger partial charge on any atom is 0.324 e. The van der Waals surface area contributed by atoms with E-state index < -0.39 is 22.7 Å². The standard InChI is InChI=1S/C12H18N2O5S/c1-10-3-5-11(6-4-10)14(9-12(15)16)20(17,18)13-7-8-19-2/h3-6,13H,7-9H2,1-2H3,(H,15,16). The Bertz CT molecular complexity index is 541. The highest BCUT2D eigenvalue weighted by molar-refractivity contribution is 7.90. The fourth-order valence-electron chi connectivity index (χ4n) is 1.50. The number of nitrogens with one attached hydrogen (secondary N) is 1. The second-order valence-corrected chi connectivity index (χ2v) is 5.81. The molecule has 0 atom stereocenters. The zero-order valence-electron chi connectivity index (χ0n) is 11.4. The first-order chi connectivity index (χ1) is 9.36. The minimum atomic E-state index is -3.93. The second kappa shape index (κ2) is 7.22. The molecule has 112 valence electrons. The third kappa shape index (κ3) is 4.80. The van der Waals surface area contributed by atoms with Gasteiger partial charge in [-0.15, -0.1) is 0 Å². The molecule has 8 heteroatoms. The van der Waals surface area contributed by atoms with Crippen molar-refractivity contribution in [3.05, 3.63) is 29.8 Å². The van der Waals surface area contributed by atoms with Crippen LogP contribution in [0.1, 0.15) is 5.56 Å². The van der Waals surface area contributed by atoms with Crippen molar-refractivity contribution in [1.82, 2.24) is 4.72 Å². The molecule has 0 saturated carbocycles. The van der Waals surface area contributed by atoms with Gasteiger partial charge in [0.05, 0.1) is 12.3 Å². The topological polar surface area (TPSA) is 95.9 Å². The molecule has 1 rings (SSSR count). The Labute approximate surface area is 118 Å². The molecule has 0 radical (unpaired) electrons. The van der Waals surface area contributed by atoms with E-state index in [1.165, 1.54) is 7.11 Å². The normalized spacial score (nSPS) is 11.3. The summed E-state index contributed by atoms with van der Waals surface area (Å²) < 4.78 is 32.1. The van der Waals surface area contributed by atoms with Gasteiger partial charge in [0.1, 0.15) is 6.54 Å². The molecule has 0 amide bonds. The molecule has 0 heterocycles. The van der Waals surface area contributed by atoms with E-state index in [1.54, 1.807) is 24.3 Å². The number of rotatable bonds is 8. The van der Waals surface area contributed by atoms with E-state index in [9.17, 15) is 13.2 Å². The highest BCUT2D eigenvalue weighted by Crippen LogP contribution is 2.17. The van der Waals surface area contributed by atoms with Crippen molar-refractivity contribution in [1.29, 1.82) is 0 Å². The van der Waals surface area contributed by atoms with Crippen LogP contribution >= 0.6 is 0 Å². The van der Waals surface area contributed by atoms with E-state index in [-0.39, 0.29) is 13.2 Å². The van der Waals surface area contributed by atoms with E-state index in [4.69, 9.17) is 9.84 Å². The van der Waals surface area contributed by atoms with Crippen LogP contribution < -0.4 is 9.03 Å². The lowest BCUT2D eigenvalue weighted by Gasteiger charge is -2.23. The monoisotopic (exact) mass is 302 g/mol. The van der Waals surface area contributed by atoms with Crippen LogP contribution in [0.5, 0.6) is 0 Å². The highest BCUT2D eigenvalue weighted by atomic mass is 32.2. The number of aryl methyl sites for hydroxylation is 1. The summed E-state index contributed by atoms with van der Waals surface area (Å²) in [6.45, 7) is 1.48. The Hall–Kier alpha value is -1.64. The van der Waals surface area contributed by atoms with Crippen LogP contribution in [0.4, 0.5) is 5.69 Å². The second-order valence-electron chi connectivity index (χ2n) is 4.13. The summed E-state index contributed by atoms with van der Waals surface area (Å²) in [5.74, 6) is -1.23. The number of carboxylic acids is 1. The minimum absolute atomic E-state index is 0.0703. The number of hydrogen-bond acceptors (Lipinski definition) is 4. The molecular weight excluding hydrogens is 284 g/mol. The molecule has 0 spiro atoms. The maximum atomic E-state index is 12.1. The van der Waals surface area contributed by atoms with Gasteiger partial charge in [0.25, 0.3) is 0 Å². The van der Waals surface area contributed by atoms with Gasteiger partial charge in [-0.05, 0) is 19.1 Å². The number of methoxy groups -OCH3 is 1. The predicted molar refractivity (Wildman–Crippen MR) is 75.0 cm³/mol. The Morgan fingerprint density at radius 2 is 1.95 bits per heavy atom. The fourth-order valence-corrected chi connectivity index (χ4v) is 2.68. The molecule has 1 aromatic carbocycles. The first-order valence-corrected chi connectivity index (χ1v) is 7.35. The van der Waals surface area contributed by atoms with Crippen LogP contribution in [-0.2, 0) is 19.7 Å². The summed E-state index contributed by atoms with van der Waals surface area (Å²) in [6.07, 6.45) is 0. The average molecular weight is 302 g/mol. The zero-order chi connectivity index (χ0) is 15.2. The number of hydrogen-bond donors (Lipinski definition) is 2. The third-order valence-electron chi connectivity index (χ3n) is 2.48. The molecular formula is C12H18N2O5S. The third-order valence-corrected chi connectivity index (χ3v) is 3.97. The number of carbonyl (C=O) groups is 1. The molecule has 1 aromatic rings. The summed E-state index contributed by atoms with van der Waals surface area (Å²) in [5.41, 5.74) is 1.25. The molecule has 0 aliphatic heterocycles. The van der Waals surface area contributed by atoms with E-state index >= 15 is 0 Å². The van der Waals surface area contributed by atoms with E-state index in [0.29, 0.717) is 5.69 Å². The van der Waals surface area contributed by atoms with Crippen molar-refractivity contribution in [3.8, 4) is 0 Å². The minimum Gasteiger partial charge on any atom is -0.480 e. The van der Waals surface area contributed by atoms with E-state index in [0.717, 1.165) is 9.87 Å². The van der Waals surface area contributed by atoms with Gasteiger partial charge in [0.15, 0.2) is 0 Å². The highest BCUT2D eigenvalue weighted by Gasteiger charge is 2.24. The Morgan fingerprint density at radius 3 is 2.45 bits per heavy atom. The van der Waals surface area contributed by atoms with Crippen molar-refractivity contribution in [2.24, 2.45) is 0 Å². The number of benzene rings is 1. The summed E-state index contributed by atoms with van der Waals surface area (Å²) >= 11 is 0. The van der Waals surface area contributed by atoms with Gasteiger partial charge < -0.3 is 9.84 Å². The zero-order valence-corrected chi connectivity index (χ0v) is 12.2. The molecule has 0 aromatic heterocycles. The van der Waals surface area contributed by atoms with Crippen LogP contribution in [-0.4, -0.2) is 46.3 Å². The van der Waals surface area contributed by atoms with E-state index in [2.05, 4.69) is 4.72 Å². The first-order valence-electron chi connectivity index (χ1n) is 5.91. The quantitative estimate of drug-likeness (QED) is 0.676. The largest absolute Gasteiger partial charge is 0.480 e. The Balaban J connectivity index is 2.99. The van der Waals surface area contributed by atoms with Crippen molar-refractivity contribution in [3.63, 3.8) is 0 Å². The van der Waals surface area contributed by atoms with Crippen molar-refractivity contribution in [2.75, 3.05) is 31.1 Å². The Morgan fingerprint density at radius 1 is 1.35 bits per heavy atom. The lowest BCUT2D eigenvalue weighted by atomic mass is 10.2. The maximum absolute atomic E-state index is 12.1. The molecule has 20 heavy (non-hydrogen) atoms. The molecule has 0 unspecified atom stereocenters. The SMILES string of the molecule is COCCNS(=O)(=O)N(CC(=O)O)c1ccc(C)cc1. The molecule has 0 aliphatic carbocycles. The smallest absolute Gasteiger partial charge is 0.324 e. The van der Waals surface area contributed by atoms with Crippen molar-refractivity contribution in [2.45, 2.75) is 6.92 Å². The first kappa shape index (κ1) is 16.4. The lowest BCUT2D eigenvalue weighted by Crippen LogP contribution is -2.44. The molecule has 0 fully saturated rings. The summed E-state index contributed by atoms with van der Waals surface area (Å²) in [5, 5.41) is 8.88. The summed E-state index contributed by atoms with van der Waals surface area (Å²) in [4.78, 5) is 10.9. The number of aliphatic carboxylic acids is 1. The van der Waals surface area contributed by atoms with Crippen LogP contribution in [0, 0.1) is 6.92 Å². The predicted octanol–water partition coefficient (Wildman–Crippen LogP) is 0.367. The van der Waals surface area contributed by atoms with Gasteiger partial charge in [-0.1, -0.05) is 17.7 Å². The van der Waals surface area contributed by atoms with Gasteiger partial charge in [-0.3, -0.25) is 4.79 Å². The lowest BCUT2D eigenvalue weighted by molar-refractivity contribution is -0.135. The summed E-state index contributed by atoms with van der Waals surface area (Å²) in [7, 11) is -2.49. The van der Waals surface area contributed by atoms with Crippen LogP contribution in [0.3, 0.4) is 0 Å². The molecule has 0 aliphatic rings. The molecule has 0 bridgehead atoms. The Kier molecular flexibility index (Phi) is 5.93. The van der Waals surface area contributed by atoms with Crippen molar-refractivity contribution >= 4 is 21.9 Å². The van der Waals surface area contributed by atoms with Crippen LogP contribution in [0.25, 0.3) is 0 Å².